The molecule has 70 valence electrons. The molecule has 0 rings (SSSR count). The number of aliphatic hydroxyl groups excluding tert-OH is 1. The van der Waals surface area contributed by atoms with Gasteiger partial charge < -0.3 is 14.6 Å². The maximum Gasteiger partial charge on any atom is 0.330 e. The van der Waals surface area contributed by atoms with Crippen molar-refractivity contribution >= 4 is 5.97 Å². The number of aliphatic hydroxyl groups is 1. The van der Waals surface area contributed by atoms with Gasteiger partial charge in [0.1, 0.15) is 6.61 Å². The Labute approximate surface area is 71.8 Å². The molecule has 0 aromatic carbocycles. The highest BCUT2D eigenvalue weighted by Gasteiger charge is 2.00. The Balaban J connectivity index is 3.21. The Hall–Kier alpha value is -0.870. The Morgan fingerprint density at radius 1 is 1.67 bits per heavy atom. The summed E-state index contributed by atoms with van der Waals surface area (Å²) < 4.78 is 9.42. The van der Waals surface area contributed by atoms with Crippen molar-refractivity contribution in [1.29, 1.82) is 0 Å². The van der Waals surface area contributed by atoms with E-state index >= 15 is 0 Å². The summed E-state index contributed by atoms with van der Waals surface area (Å²) in [5.74, 6) is -0.482. The molecule has 0 amide bonds. The smallest absolute Gasteiger partial charge is 0.330 e. The van der Waals surface area contributed by atoms with Crippen LogP contribution in [0, 0.1) is 0 Å². The lowest BCUT2D eigenvalue weighted by atomic mass is 10.5. The fourth-order valence-corrected chi connectivity index (χ4v) is 0.503. The maximum atomic E-state index is 10.5. The molecule has 0 unspecified atom stereocenters. The van der Waals surface area contributed by atoms with E-state index in [1.165, 1.54) is 0 Å². The lowest BCUT2D eigenvalue weighted by Crippen LogP contribution is -2.15. The number of hydrogen-bond acceptors (Lipinski definition) is 4. The zero-order valence-corrected chi connectivity index (χ0v) is 7.16. The highest BCUT2D eigenvalue weighted by molar-refractivity contribution is 5.81. The summed E-state index contributed by atoms with van der Waals surface area (Å²) in [7, 11) is 0. The molecule has 0 aromatic rings. The fourth-order valence-electron chi connectivity index (χ4n) is 0.503. The lowest BCUT2D eigenvalue weighted by Gasteiger charge is -2.08. The molecule has 0 radical (unpaired) electrons. The van der Waals surface area contributed by atoms with E-state index in [1.807, 2.05) is 0 Å². The minimum Gasteiger partial charge on any atom is -0.460 e. The quantitative estimate of drug-likeness (QED) is 0.275. The summed E-state index contributed by atoms with van der Waals surface area (Å²) in [6, 6.07) is 0. The molecular formula is C8H14O4. The molecule has 1 N–H and O–H groups in total. The Morgan fingerprint density at radius 2 is 2.33 bits per heavy atom. The van der Waals surface area contributed by atoms with Gasteiger partial charge in [0.2, 0.25) is 0 Å². The van der Waals surface area contributed by atoms with Gasteiger partial charge in [-0.15, -0.1) is 0 Å². The highest BCUT2D eigenvalue weighted by Crippen LogP contribution is 1.91. The topological polar surface area (TPSA) is 55.8 Å². The largest absolute Gasteiger partial charge is 0.460 e. The summed E-state index contributed by atoms with van der Waals surface area (Å²) in [6.07, 6.45) is 0.832. The van der Waals surface area contributed by atoms with Crippen LogP contribution >= 0.6 is 0 Å². The molecule has 0 saturated heterocycles. The summed E-state index contributed by atoms with van der Waals surface area (Å²) in [4.78, 5) is 10.5. The van der Waals surface area contributed by atoms with Gasteiger partial charge in [-0.05, 0) is 6.42 Å². The van der Waals surface area contributed by atoms with Crippen molar-refractivity contribution in [2.24, 2.45) is 0 Å². The number of carbonyl (C=O) groups is 1. The van der Waals surface area contributed by atoms with E-state index in [1.54, 1.807) is 6.92 Å². The van der Waals surface area contributed by atoms with Gasteiger partial charge in [0.15, 0.2) is 6.29 Å². The summed E-state index contributed by atoms with van der Waals surface area (Å²) in [5, 5.41) is 8.90. The van der Waals surface area contributed by atoms with Crippen molar-refractivity contribution in [2.75, 3.05) is 13.2 Å². The second kappa shape index (κ2) is 6.82. The van der Waals surface area contributed by atoms with E-state index in [-0.39, 0.29) is 13.2 Å². The Morgan fingerprint density at radius 3 is 2.83 bits per heavy atom. The third-order valence-electron chi connectivity index (χ3n) is 1.15. The van der Waals surface area contributed by atoms with Gasteiger partial charge in [-0.2, -0.15) is 0 Å². The molecule has 0 aliphatic carbocycles. The SMILES string of the molecule is C=CC(=O)OCCO[C@H](O)CC. The van der Waals surface area contributed by atoms with Crippen LogP contribution in [0.25, 0.3) is 0 Å². The summed E-state index contributed by atoms with van der Waals surface area (Å²) in [6.45, 7) is 5.36. The Kier molecular flexibility index (Phi) is 6.32. The second-order valence-electron chi connectivity index (χ2n) is 2.11. The van der Waals surface area contributed by atoms with E-state index in [0.29, 0.717) is 6.42 Å². The van der Waals surface area contributed by atoms with E-state index in [4.69, 9.17) is 9.84 Å². The van der Waals surface area contributed by atoms with Crippen molar-refractivity contribution in [3.8, 4) is 0 Å². The van der Waals surface area contributed by atoms with Gasteiger partial charge in [0.25, 0.3) is 0 Å². The molecule has 12 heavy (non-hydrogen) atoms. The first-order chi connectivity index (χ1) is 5.70. The van der Waals surface area contributed by atoms with Gasteiger partial charge in [-0.1, -0.05) is 13.5 Å². The third kappa shape index (κ3) is 5.88. The van der Waals surface area contributed by atoms with Crippen LogP contribution in [0.3, 0.4) is 0 Å². The number of rotatable bonds is 6. The average Bonchev–Trinajstić information content (AvgIpc) is 2.11. The standard InChI is InChI=1S/C8H14O4/c1-3-7(9)11-5-6-12-8(10)4-2/h3,8,10H,1,4-6H2,2H3/t8-/m0/s1. The number of esters is 1. The Bertz CT molecular complexity index is 144. The van der Waals surface area contributed by atoms with Crippen LogP contribution in [0.1, 0.15) is 13.3 Å². The van der Waals surface area contributed by atoms with Crippen molar-refractivity contribution in [3.63, 3.8) is 0 Å². The number of ether oxygens (including phenoxy) is 2. The van der Waals surface area contributed by atoms with Gasteiger partial charge in [-0.3, -0.25) is 0 Å². The minimum absolute atomic E-state index is 0.141. The van der Waals surface area contributed by atoms with Crippen molar-refractivity contribution < 1.29 is 19.4 Å². The summed E-state index contributed by atoms with van der Waals surface area (Å²) in [5.41, 5.74) is 0. The zero-order valence-electron chi connectivity index (χ0n) is 7.16. The molecule has 0 saturated carbocycles. The molecule has 0 aliphatic rings. The molecule has 0 fully saturated rings. The number of carbonyl (C=O) groups excluding carboxylic acids is 1. The zero-order chi connectivity index (χ0) is 9.40. The molecule has 0 aromatic heterocycles. The number of hydrogen-bond donors (Lipinski definition) is 1. The molecule has 0 heterocycles. The van der Waals surface area contributed by atoms with Gasteiger partial charge in [-0.25, -0.2) is 4.79 Å². The molecule has 4 nitrogen and oxygen atoms in total. The van der Waals surface area contributed by atoms with E-state index in [9.17, 15) is 4.79 Å². The van der Waals surface area contributed by atoms with Gasteiger partial charge >= 0.3 is 5.97 Å². The van der Waals surface area contributed by atoms with Crippen molar-refractivity contribution in [3.05, 3.63) is 12.7 Å². The highest BCUT2D eigenvalue weighted by atomic mass is 16.6. The predicted octanol–water partition coefficient (Wildman–Crippen LogP) is 0.461. The monoisotopic (exact) mass is 174 g/mol. The predicted molar refractivity (Wildman–Crippen MR) is 43.4 cm³/mol. The van der Waals surface area contributed by atoms with Gasteiger partial charge in [0.05, 0.1) is 6.61 Å². The maximum absolute atomic E-state index is 10.5. The van der Waals surface area contributed by atoms with Crippen molar-refractivity contribution in [2.45, 2.75) is 19.6 Å². The average molecular weight is 174 g/mol. The molecule has 0 bridgehead atoms. The third-order valence-corrected chi connectivity index (χ3v) is 1.15. The lowest BCUT2D eigenvalue weighted by molar-refractivity contribution is -0.146. The molecule has 0 spiro atoms. The first-order valence-corrected chi connectivity index (χ1v) is 3.79. The molecule has 4 heteroatoms. The van der Waals surface area contributed by atoms with Crippen LogP contribution < -0.4 is 0 Å². The first kappa shape index (κ1) is 11.1. The van der Waals surface area contributed by atoms with Crippen LogP contribution in [0.5, 0.6) is 0 Å². The first-order valence-electron chi connectivity index (χ1n) is 3.79. The summed E-state index contributed by atoms with van der Waals surface area (Å²) >= 11 is 0. The minimum atomic E-state index is -0.771. The second-order valence-corrected chi connectivity index (χ2v) is 2.11. The fraction of sp³-hybridized carbons (Fsp3) is 0.625. The van der Waals surface area contributed by atoms with E-state index in [2.05, 4.69) is 11.3 Å². The van der Waals surface area contributed by atoms with Crippen LogP contribution in [-0.2, 0) is 14.3 Å². The van der Waals surface area contributed by atoms with E-state index in [0.717, 1.165) is 6.08 Å². The van der Waals surface area contributed by atoms with E-state index < -0.39 is 12.3 Å². The van der Waals surface area contributed by atoms with Crippen LogP contribution in [-0.4, -0.2) is 30.6 Å². The van der Waals surface area contributed by atoms with Crippen LogP contribution in [0.15, 0.2) is 12.7 Å². The molecule has 1 atom stereocenters. The normalized spacial score (nSPS) is 12.2. The molecule has 0 aliphatic heterocycles. The van der Waals surface area contributed by atoms with Gasteiger partial charge in [0, 0.05) is 6.08 Å². The van der Waals surface area contributed by atoms with Crippen LogP contribution in [0.2, 0.25) is 0 Å². The van der Waals surface area contributed by atoms with Crippen LogP contribution in [0.4, 0.5) is 0 Å². The molecular weight excluding hydrogens is 160 g/mol. The van der Waals surface area contributed by atoms with Crippen molar-refractivity contribution in [1.82, 2.24) is 0 Å².